The van der Waals surface area contributed by atoms with Gasteiger partial charge < -0.3 is 9.84 Å². The van der Waals surface area contributed by atoms with E-state index in [9.17, 15) is 14.7 Å². The normalized spacial score (nSPS) is 16.0. The Balaban J connectivity index is 1.26. The smallest absolute Gasteiger partial charge is 0.346 e. The van der Waals surface area contributed by atoms with Gasteiger partial charge in [0.2, 0.25) is 0 Å². The first-order valence-electron chi connectivity index (χ1n) is 15.7. The number of ether oxygens (including phenoxy) is 1. The van der Waals surface area contributed by atoms with E-state index in [-0.39, 0.29) is 11.1 Å². The average Bonchev–Trinajstić information content (AvgIpc) is 3.74. The summed E-state index contributed by atoms with van der Waals surface area (Å²) in [5, 5.41) is 14.7. The van der Waals surface area contributed by atoms with E-state index >= 15 is 0 Å². The predicted molar refractivity (Wildman–Crippen MR) is 171 cm³/mol. The summed E-state index contributed by atoms with van der Waals surface area (Å²) in [5.41, 5.74) is 5.90. The van der Waals surface area contributed by atoms with Crippen LogP contribution in [0.3, 0.4) is 0 Å². The van der Waals surface area contributed by atoms with Crippen LogP contribution in [-0.2, 0) is 35.1 Å². The number of aryl methyl sites for hydroxylation is 1. The number of aromatic nitrogens is 3. The minimum Gasteiger partial charge on any atom is -0.494 e. The molecule has 1 heterocycles. The molecular weight excluding hydrogens is 538 g/mol. The molecule has 43 heavy (non-hydrogen) atoms. The maximum absolute atomic E-state index is 13.1. The molecule has 0 radical (unpaired) electrons. The van der Waals surface area contributed by atoms with Crippen molar-refractivity contribution in [2.24, 2.45) is 0 Å². The summed E-state index contributed by atoms with van der Waals surface area (Å²) in [6, 6.07) is 14.5. The van der Waals surface area contributed by atoms with Crippen LogP contribution in [0.15, 0.2) is 65.0 Å². The van der Waals surface area contributed by atoms with Gasteiger partial charge in [0.15, 0.2) is 0 Å². The molecular formula is C36H45N3O4. The number of nitrogens with zero attached hydrogens (tertiary/aromatic N) is 3. The number of carboxylic acid groups (broad SMARTS) is 1. The lowest BCUT2D eigenvalue weighted by atomic mass is 9.87. The molecule has 1 fully saturated rings. The van der Waals surface area contributed by atoms with Crippen LogP contribution in [0.5, 0.6) is 5.75 Å². The van der Waals surface area contributed by atoms with Gasteiger partial charge in [-0.3, -0.25) is 9.36 Å². The summed E-state index contributed by atoms with van der Waals surface area (Å²) in [7, 11) is 0. The number of carbonyl (C=O) groups is 1. The second-order valence-electron chi connectivity index (χ2n) is 12.9. The molecule has 0 bridgehead atoms. The topological polar surface area (TPSA) is 86.4 Å². The van der Waals surface area contributed by atoms with E-state index in [0.29, 0.717) is 38.3 Å². The van der Waals surface area contributed by atoms with Crippen LogP contribution in [0.25, 0.3) is 5.57 Å². The molecule has 5 rings (SSSR count). The molecule has 1 saturated carbocycles. The lowest BCUT2D eigenvalue weighted by Gasteiger charge is -2.19. The van der Waals surface area contributed by atoms with Crippen molar-refractivity contribution < 1.29 is 14.6 Å². The minimum atomic E-state index is -0.823. The summed E-state index contributed by atoms with van der Waals surface area (Å²) >= 11 is 0. The molecule has 0 amide bonds. The van der Waals surface area contributed by atoms with Crippen LogP contribution >= 0.6 is 0 Å². The van der Waals surface area contributed by atoms with Crippen LogP contribution in [0.2, 0.25) is 0 Å². The Kier molecular flexibility index (Phi) is 8.81. The molecule has 7 heteroatoms. The van der Waals surface area contributed by atoms with E-state index < -0.39 is 11.4 Å². The first kappa shape index (κ1) is 30.6. The highest BCUT2D eigenvalue weighted by molar-refractivity contribution is 5.87. The lowest BCUT2D eigenvalue weighted by Crippen LogP contribution is -2.25. The zero-order valence-corrected chi connectivity index (χ0v) is 26.3. The lowest BCUT2D eigenvalue weighted by molar-refractivity contribution is -0.140. The third kappa shape index (κ3) is 6.56. The molecule has 2 aliphatic rings. The highest BCUT2D eigenvalue weighted by Gasteiger charge is 2.53. The zero-order chi connectivity index (χ0) is 30.8. The Hall–Kier alpha value is -3.87. The Morgan fingerprint density at radius 1 is 1.07 bits per heavy atom. The average molecular weight is 584 g/mol. The molecule has 7 nitrogen and oxygen atoms in total. The molecule has 0 unspecified atom stereocenters. The van der Waals surface area contributed by atoms with Crippen molar-refractivity contribution >= 4 is 11.5 Å². The van der Waals surface area contributed by atoms with Gasteiger partial charge in [-0.15, -0.1) is 0 Å². The minimum absolute atomic E-state index is 0.0550. The van der Waals surface area contributed by atoms with Crippen LogP contribution in [0.4, 0.5) is 0 Å². The number of hydrogen-bond acceptors (Lipinski definition) is 4. The SMILES string of the molecule is CCOc1ccc(C2=CCCC(CCCc3nn(Cc4ccc(C(C)(C)C)cc4)c(=O)n3CC)=C2)cc1C1(C(=O)O)CC1. The molecule has 0 saturated heterocycles. The van der Waals surface area contributed by atoms with Gasteiger partial charge >= 0.3 is 11.7 Å². The number of rotatable bonds is 12. The maximum atomic E-state index is 13.1. The zero-order valence-electron chi connectivity index (χ0n) is 26.3. The van der Waals surface area contributed by atoms with Gasteiger partial charge in [-0.05, 0) is 92.2 Å². The standard InChI is InChI=1S/C36H45N3O4/c1-6-38-32(37-39(34(38)42)24-26-14-17-29(18-15-26)35(3,4)5)13-9-11-25-10-8-12-27(22-25)28-16-19-31(43-7-2)30(23-28)36(20-21-36)33(40)41/h12,14-19,22-23H,6-11,13,20-21,24H2,1-5H3,(H,40,41). The van der Waals surface area contributed by atoms with Gasteiger partial charge in [-0.2, -0.15) is 5.10 Å². The van der Waals surface area contributed by atoms with Gasteiger partial charge in [-0.25, -0.2) is 9.48 Å². The van der Waals surface area contributed by atoms with Gasteiger partial charge in [-0.1, -0.05) is 68.8 Å². The number of carboxylic acids is 1. The van der Waals surface area contributed by atoms with E-state index in [1.165, 1.54) is 11.1 Å². The number of benzene rings is 2. The highest BCUT2D eigenvalue weighted by Crippen LogP contribution is 2.52. The number of aliphatic carboxylic acids is 1. The van der Waals surface area contributed by atoms with Gasteiger partial charge in [0.1, 0.15) is 11.6 Å². The van der Waals surface area contributed by atoms with Crippen molar-refractivity contribution in [1.29, 1.82) is 0 Å². The van der Waals surface area contributed by atoms with Crippen molar-refractivity contribution in [2.45, 2.75) is 103 Å². The Morgan fingerprint density at radius 3 is 2.44 bits per heavy atom. The Bertz CT molecular complexity index is 1590. The predicted octanol–water partition coefficient (Wildman–Crippen LogP) is 7.05. The van der Waals surface area contributed by atoms with E-state index in [1.54, 1.807) is 9.25 Å². The number of allylic oxidation sites excluding steroid dienone is 4. The summed E-state index contributed by atoms with van der Waals surface area (Å²) < 4.78 is 9.21. The Labute approximate surface area is 254 Å². The molecule has 1 aromatic heterocycles. The van der Waals surface area contributed by atoms with Gasteiger partial charge in [0, 0.05) is 18.5 Å². The van der Waals surface area contributed by atoms with E-state index in [4.69, 9.17) is 9.84 Å². The van der Waals surface area contributed by atoms with Gasteiger partial charge in [0.05, 0.1) is 18.6 Å². The van der Waals surface area contributed by atoms with Crippen molar-refractivity contribution in [3.05, 3.63) is 98.8 Å². The molecule has 1 N–H and O–H groups in total. The van der Waals surface area contributed by atoms with Crippen LogP contribution in [-0.4, -0.2) is 32.0 Å². The molecule has 0 aliphatic heterocycles. The molecule has 0 spiro atoms. The van der Waals surface area contributed by atoms with Crippen LogP contribution < -0.4 is 10.4 Å². The van der Waals surface area contributed by atoms with E-state index in [2.05, 4.69) is 57.2 Å². The fraction of sp³-hybridized carbons (Fsp3) is 0.472. The fourth-order valence-corrected chi connectivity index (χ4v) is 6.10. The maximum Gasteiger partial charge on any atom is 0.346 e. The van der Waals surface area contributed by atoms with Crippen molar-refractivity contribution in [1.82, 2.24) is 14.3 Å². The largest absolute Gasteiger partial charge is 0.494 e. The van der Waals surface area contributed by atoms with Crippen molar-refractivity contribution in [3.8, 4) is 5.75 Å². The third-order valence-electron chi connectivity index (χ3n) is 8.84. The van der Waals surface area contributed by atoms with Crippen molar-refractivity contribution in [2.75, 3.05) is 6.61 Å². The fourth-order valence-electron chi connectivity index (χ4n) is 6.10. The van der Waals surface area contributed by atoms with Gasteiger partial charge in [0.25, 0.3) is 0 Å². The second kappa shape index (κ2) is 12.4. The number of hydrogen-bond donors (Lipinski definition) is 1. The Morgan fingerprint density at radius 2 is 1.81 bits per heavy atom. The van der Waals surface area contributed by atoms with Crippen LogP contribution in [0, 0.1) is 0 Å². The molecule has 2 aliphatic carbocycles. The quantitative estimate of drug-likeness (QED) is 0.247. The van der Waals surface area contributed by atoms with E-state index in [1.807, 2.05) is 32.0 Å². The molecule has 228 valence electrons. The molecule has 2 aromatic carbocycles. The first-order valence-corrected chi connectivity index (χ1v) is 15.7. The second-order valence-corrected chi connectivity index (χ2v) is 12.9. The highest BCUT2D eigenvalue weighted by atomic mass is 16.5. The summed E-state index contributed by atoms with van der Waals surface area (Å²) in [5.74, 6) is 0.742. The first-order chi connectivity index (χ1) is 20.6. The summed E-state index contributed by atoms with van der Waals surface area (Å²) in [6.45, 7) is 12.1. The third-order valence-corrected chi connectivity index (χ3v) is 8.84. The summed E-state index contributed by atoms with van der Waals surface area (Å²) in [6.07, 6.45) is 10.3. The molecule has 0 atom stereocenters. The summed E-state index contributed by atoms with van der Waals surface area (Å²) in [4.78, 5) is 25.2. The molecule has 3 aromatic rings. The van der Waals surface area contributed by atoms with Crippen molar-refractivity contribution in [3.63, 3.8) is 0 Å². The van der Waals surface area contributed by atoms with Crippen LogP contribution in [0.1, 0.15) is 101 Å². The monoisotopic (exact) mass is 583 g/mol. The van der Waals surface area contributed by atoms with E-state index in [0.717, 1.165) is 60.2 Å².